The molecule has 7 nitrogen and oxygen atoms in total. The minimum absolute atomic E-state index is 0.111. The first-order valence-electron chi connectivity index (χ1n) is 5.99. The van der Waals surface area contributed by atoms with Gasteiger partial charge >= 0.3 is 16.4 Å². The van der Waals surface area contributed by atoms with Crippen LogP contribution in [0.3, 0.4) is 0 Å². The Bertz CT molecular complexity index is 770. The van der Waals surface area contributed by atoms with Crippen molar-refractivity contribution in [1.29, 1.82) is 0 Å². The van der Waals surface area contributed by atoms with Crippen LogP contribution < -0.4 is 0 Å². The first kappa shape index (κ1) is 16.4. The van der Waals surface area contributed by atoms with Crippen molar-refractivity contribution >= 4 is 10.2 Å². The maximum Gasteiger partial charge on any atom is 0.416 e. The van der Waals surface area contributed by atoms with E-state index in [9.17, 15) is 21.6 Å². The molecule has 120 valence electrons. The van der Waals surface area contributed by atoms with E-state index in [0.29, 0.717) is 4.09 Å². The van der Waals surface area contributed by atoms with Crippen LogP contribution in [0.1, 0.15) is 17.0 Å². The van der Waals surface area contributed by atoms with Crippen molar-refractivity contribution in [2.24, 2.45) is 0 Å². The average Bonchev–Trinajstić information content (AvgIpc) is 2.86. The highest BCUT2D eigenvalue weighted by Crippen LogP contribution is 2.32. The molecule has 0 N–H and O–H groups in total. The zero-order valence-corrected chi connectivity index (χ0v) is 12.4. The lowest BCUT2D eigenvalue weighted by Crippen LogP contribution is -2.31. The Balaban J connectivity index is 2.45. The summed E-state index contributed by atoms with van der Waals surface area (Å²) in [5.74, 6) is -0.203. The normalized spacial score (nSPS) is 12.8. The standard InChI is InChI=1S/C11H12F3N5O2S/c1-18(2)22(20,21)19-10(15-16-17-19)7-8-5-3-4-6-9(8)11(12,13)14/h3-6H,7H2,1-2H3. The Morgan fingerprint density at radius 3 is 2.45 bits per heavy atom. The van der Waals surface area contributed by atoms with E-state index in [1.165, 1.54) is 32.3 Å². The average molecular weight is 335 g/mol. The maximum atomic E-state index is 13.0. The minimum Gasteiger partial charge on any atom is -0.189 e. The second-order valence-electron chi connectivity index (χ2n) is 4.56. The number of hydrogen-bond donors (Lipinski definition) is 0. The van der Waals surface area contributed by atoms with Crippen LogP contribution in [0.25, 0.3) is 0 Å². The van der Waals surface area contributed by atoms with E-state index in [2.05, 4.69) is 15.5 Å². The van der Waals surface area contributed by atoms with Crippen molar-refractivity contribution in [2.45, 2.75) is 12.6 Å². The molecule has 0 saturated heterocycles. The molecular formula is C11H12F3N5O2S. The second-order valence-corrected chi connectivity index (χ2v) is 6.53. The first-order chi connectivity index (χ1) is 10.1. The fourth-order valence-electron chi connectivity index (χ4n) is 1.76. The molecule has 0 aliphatic rings. The number of aromatic nitrogens is 4. The van der Waals surface area contributed by atoms with Crippen molar-refractivity contribution in [2.75, 3.05) is 14.1 Å². The zero-order valence-electron chi connectivity index (χ0n) is 11.6. The predicted molar refractivity (Wildman–Crippen MR) is 70.1 cm³/mol. The molecule has 0 amide bonds. The van der Waals surface area contributed by atoms with Crippen molar-refractivity contribution in [1.82, 2.24) is 23.9 Å². The highest BCUT2D eigenvalue weighted by atomic mass is 32.2. The lowest BCUT2D eigenvalue weighted by atomic mass is 10.0. The third kappa shape index (κ3) is 3.09. The summed E-state index contributed by atoms with van der Waals surface area (Å²) in [6.45, 7) is 0. The number of rotatable bonds is 4. The number of alkyl halides is 3. The second kappa shape index (κ2) is 5.65. The molecule has 22 heavy (non-hydrogen) atoms. The van der Waals surface area contributed by atoms with Gasteiger partial charge in [0.15, 0.2) is 5.82 Å². The van der Waals surface area contributed by atoms with Crippen molar-refractivity contribution in [3.05, 3.63) is 41.2 Å². The summed E-state index contributed by atoms with van der Waals surface area (Å²) in [6.07, 6.45) is -4.91. The summed E-state index contributed by atoms with van der Waals surface area (Å²) in [5.41, 5.74) is -0.966. The van der Waals surface area contributed by atoms with Crippen molar-refractivity contribution in [3.63, 3.8) is 0 Å². The maximum absolute atomic E-state index is 13.0. The van der Waals surface area contributed by atoms with Gasteiger partial charge < -0.3 is 0 Å². The first-order valence-corrected chi connectivity index (χ1v) is 7.39. The van der Waals surface area contributed by atoms with E-state index in [-0.39, 0.29) is 17.8 Å². The molecule has 0 aliphatic heterocycles. The molecular weight excluding hydrogens is 323 g/mol. The molecule has 1 heterocycles. The quantitative estimate of drug-likeness (QED) is 0.830. The lowest BCUT2D eigenvalue weighted by Gasteiger charge is -2.14. The highest BCUT2D eigenvalue weighted by Gasteiger charge is 2.33. The van der Waals surface area contributed by atoms with Crippen LogP contribution in [-0.4, -0.2) is 46.4 Å². The molecule has 0 spiro atoms. The molecule has 1 aromatic carbocycles. The summed E-state index contributed by atoms with van der Waals surface area (Å²) < 4.78 is 64.3. The van der Waals surface area contributed by atoms with Gasteiger partial charge in [0.05, 0.1) is 5.56 Å². The Hall–Kier alpha value is -2.01. The van der Waals surface area contributed by atoms with Gasteiger partial charge in [0.1, 0.15) is 0 Å². The molecule has 0 radical (unpaired) electrons. The smallest absolute Gasteiger partial charge is 0.189 e. The van der Waals surface area contributed by atoms with Crippen LogP contribution in [0.4, 0.5) is 13.2 Å². The Morgan fingerprint density at radius 2 is 1.86 bits per heavy atom. The van der Waals surface area contributed by atoms with Gasteiger partial charge in [-0.25, -0.2) is 0 Å². The van der Waals surface area contributed by atoms with E-state index < -0.39 is 21.9 Å². The summed E-state index contributed by atoms with van der Waals surface area (Å²) in [5, 5.41) is 10.1. The van der Waals surface area contributed by atoms with Gasteiger partial charge in [0.2, 0.25) is 0 Å². The topological polar surface area (TPSA) is 81.0 Å². The molecule has 11 heteroatoms. The molecule has 0 fully saturated rings. The Morgan fingerprint density at radius 1 is 1.23 bits per heavy atom. The van der Waals surface area contributed by atoms with E-state index in [1.54, 1.807) is 0 Å². The van der Waals surface area contributed by atoms with Crippen molar-refractivity contribution in [3.8, 4) is 0 Å². The third-order valence-electron chi connectivity index (χ3n) is 2.85. The van der Waals surface area contributed by atoms with E-state index in [1.807, 2.05) is 0 Å². The van der Waals surface area contributed by atoms with Crippen LogP contribution in [0, 0.1) is 0 Å². The molecule has 0 unspecified atom stereocenters. The molecule has 2 aromatic rings. The van der Waals surface area contributed by atoms with E-state index >= 15 is 0 Å². The van der Waals surface area contributed by atoms with Crippen LogP contribution in [0.2, 0.25) is 0 Å². The molecule has 0 atom stereocenters. The molecule has 0 saturated carbocycles. The van der Waals surface area contributed by atoms with Crippen LogP contribution in [0.5, 0.6) is 0 Å². The van der Waals surface area contributed by atoms with Gasteiger partial charge in [-0.15, -0.1) is 9.19 Å². The molecule has 2 rings (SSSR count). The number of tetrazole rings is 1. The minimum atomic E-state index is -4.55. The third-order valence-corrected chi connectivity index (χ3v) is 4.50. The summed E-state index contributed by atoms with van der Waals surface area (Å²) >= 11 is 0. The van der Waals surface area contributed by atoms with E-state index in [4.69, 9.17) is 0 Å². The Labute approximate surface area is 124 Å². The number of hydrogen-bond acceptors (Lipinski definition) is 5. The van der Waals surface area contributed by atoms with Gasteiger partial charge in [0, 0.05) is 20.5 Å². The zero-order chi connectivity index (χ0) is 16.5. The number of benzene rings is 1. The Kier molecular flexibility index (Phi) is 4.20. The predicted octanol–water partition coefficient (Wildman–Crippen LogP) is 0.937. The monoisotopic (exact) mass is 335 g/mol. The largest absolute Gasteiger partial charge is 0.416 e. The highest BCUT2D eigenvalue weighted by molar-refractivity contribution is 7.87. The summed E-state index contributed by atoms with van der Waals surface area (Å²) in [7, 11) is -1.46. The summed E-state index contributed by atoms with van der Waals surface area (Å²) in [4.78, 5) is 0. The van der Waals surface area contributed by atoms with Crippen LogP contribution >= 0.6 is 0 Å². The SMILES string of the molecule is CN(C)S(=O)(=O)n1nnnc1Cc1ccccc1C(F)(F)F. The van der Waals surface area contributed by atoms with E-state index in [0.717, 1.165) is 10.4 Å². The van der Waals surface area contributed by atoms with Gasteiger partial charge in [0.25, 0.3) is 0 Å². The van der Waals surface area contributed by atoms with Crippen LogP contribution in [0.15, 0.2) is 24.3 Å². The number of nitrogens with zero attached hydrogens (tertiary/aromatic N) is 5. The van der Waals surface area contributed by atoms with Crippen LogP contribution in [-0.2, 0) is 22.8 Å². The van der Waals surface area contributed by atoms with Gasteiger partial charge in [-0.2, -0.15) is 25.9 Å². The number of halogens is 3. The van der Waals surface area contributed by atoms with Gasteiger partial charge in [-0.3, -0.25) is 0 Å². The lowest BCUT2D eigenvalue weighted by molar-refractivity contribution is -0.138. The molecule has 1 aromatic heterocycles. The molecule has 0 bridgehead atoms. The molecule has 0 aliphatic carbocycles. The fraction of sp³-hybridized carbons (Fsp3) is 0.364. The van der Waals surface area contributed by atoms with Crippen molar-refractivity contribution < 1.29 is 21.6 Å². The fourth-order valence-corrected chi connectivity index (χ4v) is 2.56. The summed E-state index contributed by atoms with van der Waals surface area (Å²) in [6, 6.07) is 4.86. The van der Waals surface area contributed by atoms with Gasteiger partial charge in [-0.05, 0) is 22.1 Å². The van der Waals surface area contributed by atoms with Gasteiger partial charge in [-0.1, -0.05) is 18.2 Å².